The summed E-state index contributed by atoms with van der Waals surface area (Å²) in [6.45, 7) is 3.28. The number of nitrogens with one attached hydrogen (secondary N) is 1. The number of ether oxygens (including phenoxy) is 1. The van der Waals surface area contributed by atoms with Gasteiger partial charge in [-0.2, -0.15) is 4.98 Å². The van der Waals surface area contributed by atoms with Crippen LogP contribution in [-0.4, -0.2) is 48.7 Å². The zero-order valence-corrected chi connectivity index (χ0v) is 12.4. The summed E-state index contributed by atoms with van der Waals surface area (Å²) in [4.78, 5) is 10.9. The van der Waals surface area contributed by atoms with E-state index in [1.54, 1.807) is 13.3 Å². The van der Waals surface area contributed by atoms with Crippen LogP contribution in [0, 0.1) is 5.92 Å². The van der Waals surface area contributed by atoms with Gasteiger partial charge in [-0.15, -0.1) is 0 Å². The highest BCUT2D eigenvalue weighted by atomic mass is 79.9. The summed E-state index contributed by atoms with van der Waals surface area (Å²) in [6.07, 6.45) is 4.18. The molecule has 0 amide bonds. The fraction of sp³-hybridized carbons (Fsp3) is 0.667. The number of hydrogen-bond acceptors (Lipinski definition) is 5. The van der Waals surface area contributed by atoms with Crippen LogP contribution in [0.25, 0.3) is 0 Å². The van der Waals surface area contributed by atoms with Crippen molar-refractivity contribution in [3.8, 4) is 5.88 Å². The molecule has 2 heterocycles. The van der Waals surface area contributed by atoms with Gasteiger partial charge in [0.25, 0.3) is 0 Å². The predicted octanol–water partition coefficient (Wildman–Crippen LogP) is 2.00. The van der Waals surface area contributed by atoms with Crippen molar-refractivity contribution in [1.82, 2.24) is 14.9 Å². The Labute approximate surface area is 116 Å². The molecule has 0 spiro atoms. The molecular weight excluding hydrogens is 296 g/mol. The molecule has 0 radical (unpaired) electrons. The molecule has 6 heteroatoms. The molecule has 1 aliphatic rings. The average Bonchev–Trinajstić information content (AvgIpc) is 2.39. The van der Waals surface area contributed by atoms with Crippen LogP contribution in [-0.2, 0) is 0 Å². The maximum atomic E-state index is 5.15. The van der Waals surface area contributed by atoms with Gasteiger partial charge in [-0.1, -0.05) is 0 Å². The molecule has 1 N–H and O–H groups in total. The molecule has 0 aliphatic carbocycles. The molecule has 1 aromatic rings. The number of anilines is 1. The predicted molar refractivity (Wildman–Crippen MR) is 75.0 cm³/mol. The highest BCUT2D eigenvalue weighted by molar-refractivity contribution is 9.10. The smallest absolute Gasteiger partial charge is 0.232 e. The zero-order chi connectivity index (χ0) is 13.0. The van der Waals surface area contributed by atoms with Gasteiger partial charge in [-0.05, 0) is 54.8 Å². The SMILES string of the molecule is COc1nc(NCC2CCN(C)CC2)ncc1Br. The van der Waals surface area contributed by atoms with Crippen molar-refractivity contribution in [2.45, 2.75) is 12.8 Å². The first-order chi connectivity index (χ1) is 8.69. The van der Waals surface area contributed by atoms with Gasteiger partial charge in [-0.25, -0.2) is 4.98 Å². The van der Waals surface area contributed by atoms with E-state index in [0.717, 1.165) is 11.0 Å². The van der Waals surface area contributed by atoms with Crippen LogP contribution in [0.2, 0.25) is 0 Å². The van der Waals surface area contributed by atoms with Gasteiger partial charge in [0.15, 0.2) is 0 Å². The largest absolute Gasteiger partial charge is 0.480 e. The Hall–Kier alpha value is -0.880. The summed E-state index contributed by atoms with van der Waals surface area (Å²) in [5, 5.41) is 3.29. The molecule has 100 valence electrons. The number of hydrogen-bond donors (Lipinski definition) is 1. The minimum absolute atomic E-state index is 0.566. The van der Waals surface area contributed by atoms with Crippen LogP contribution in [0.5, 0.6) is 5.88 Å². The van der Waals surface area contributed by atoms with Crippen molar-refractivity contribution in [2.75, 3.05) is 39.1 Å². The summed E-state index contributed by atoms with van der Waals surface area (Å²) in [6, 6.07) is 0. The first kappa shape index (κ1) is 13.5. The number of likely N-dealkylation sites (tertiary alicyclic amines) is 1. The quantitative estimate of drug-likeness (QED) is 0.921. The zero-order valence-electron chi connectivity index (χ0n) is 10.8. The number of halogens is 1. The van der Waals surface area contributed by atoms with Crippen molar-refractivity contribution in [3.05, 3.63) is 10.7 Å². The Bertz CT molecular complexity index is 394. The average molecular weight is 315 g/mol. The van der Waals surface area contributed by atoms with E-state index in [1.165, 1.54) is 25.9 Å². The molecule has 18 heavy (non-hydrogen) atoms. The maximum absolute atomic E-state index is 5.15. The summed E-state index contributed by atoms with van der Waals surface area (Å²) in [7, 11) is 3.78. The third-order valence-corrected chi connectivity index (χ3v) is 3.84. The number of aromatic nitrogens is 2. The third-order valence-electron chi connectivity index (χ3n) is 3.29. The molecule has 1 aromatic heterocycles. The molecule has 5 nitrogen and oxygen atoms in total. The summed E-state index contributed by atoms with van der Waals surface area (Å²) in [5.41, 5.74) is 0. The van der Waals surface area contributed by atoms with Crippen molar-refractivity contribution >= 4 is 21.9 Å². The second kappa shape index (κ2) is 6.33. The number of rotatable bonds is 4. The lowest BCUT2D eigenvalue weighted by molar-refractivity contribution is 0.226. The topological polar surface area (TPSA) is 50.3 Å². The van der Waals surface area contributed by atoms with E-state index in [-0.39, 0.29) is 0 Å². The molecule has 0 saturated carbocycles. The van der Waals surface area contributed by atoms with Crippen LogP contribution >= 0.6 is 15.9 Å². The van der Waals surface area contributed by atoms with Gasteiger partial charge in [0.1, 0.15) is 0 Å². The standard InChI is InChI=1S/C12H19BrN4O/c1-17-5-3-9(4-6-17)7-14-12-15-8-10(13)11(16-12)18-2/h8-9H,3-7H2,1-2H3,(H,14,15,16). The maximum Gasteiger partial charge on any atom is 0.232 e. The molecule has 1 saturated heterocycles. The number of nitrogens with zero attached hydrogens (tertiary/aromatic N) is 3. The van der Waals surface area contributed by atoms with Gasteiger partial charge in [-0.3, -0.25) is 0 Å². The van der Waals surface area contributed by atoms with E-state index < -0.39 is 0 Å². The lowest BCUT2D eigenvalue weighted by atomic mass is 9.97. The van der Waals surface area contributed by atoms with E-state index in [9.17, 15) is 0 Å². The Morgan fingerprint density at radius 2 is 2.22 bits per heavy atom. The molecule has 1 fully saturated rings. The molecular formula is C12H19BrN4O. The minimum Gasteiger partial charge on any atom is -0.480 e. The minimum atomic E-state index is 0.566. The van der Waals surface area contributed by atoms with Crippen LogP contribution in [0.3, 0.4) is 0 Å². The van der Waals surface area contributed by atoms with Crippen molar-refractivity contribution in [2.24, 2.45) is 5.92 Å². The molecule has 0 atom stereocenters. The number of piperidine rings is 1. The Balaban J connectivity index is 1.86. The Kier molecular flexibility index (Phi) is 4.77. The van der Waals surface area contributed by atoms with Crippen LogP contribution in [0.1, 0.15) is 12.8 Å². The van der Waals surface area contributed by atoms with Crippen LogP contribution in [0.4, 0.5) is 5.95 Å². The lowest BCUT2D eigenvalue weighted by Crippen LogP contribution is -2.33. The van der Waals surface area contributed by atoms with Crippen molar-refractivity contribution in [1.29, 1.82) is 0 Å². The second-order valence-corrected chi connectivity index (χ2v) is 5.53. The van der Waals surface area contributed by atoms with E-state index in [1.807, 2.05) is 0 Å². The van der Waals surface area contributed by atoms with Gasteiger partial charge < -0.3 is 15.0 Å². The van der Waals surface area contributed by atoms with E-state index in [2.05, 4.69) is 43.2 Å². The highest BCUT2D eigenvalue weighted by Crippen LogP contribution is 2.22. The summed E-state index contributed by atoms with van der Waals surface area (Å²) in [5.74, 6) is 1.91. The second-order valence-electron chi connectivity index (χ2n) is 4.68. The fourth-order valence-electron chi connectivity index (χ4n) is 2.08. The fourth-order valence-corrected chi connectivity index (χ4v) is 2.43. The third kappa shape index (κ3) is 3.55. The first-order valence-electron chi connectivity index (χ1n) is 6.18. The van der Waals surface area contributed by atoms with Gasteiger partial charge in [0, 0.05) is 6.54 Å². The lowest BCUT2D eigenvalue weighted by Gasteiger charge is -2.28. The monoisotopic (exact) mass is 314 g/mol. The van der Waals surface area contributed by atoms with Crippen molar-refractivity contribution in [3.63, 3.8) is 0 Å². The highest BCUT2D eigenvalue weighted by Gasteiger charge is 2.16. The molecule has 0 aromatic carbocycles. The van der Waals surface area contributed by atoms with E-state index in [0.29, 0.717) is 17.7 Å². The summed E-state index contributed by atoms with van der Waals surface area (Å²) < 4.78 is 5.92. The normalized spacial score (nSPS) is 17.7. The van der Waals surface area contributed by atoms with Crippen molar-refractivity contribution < 1.29 is 4.74 Å². The van der Waals surface area contributed by atoms with E-state index >= 15 is 0 Å². The van der Waals surface area contributed by atoms with E-state index in [4.69, 9.17) is 4.74 Å². The molecule has 0 unspecified atom stereocenters. The van der Waals surface area contributed by atoms with Gasteiger partial charge >= 0.3 is 0 Å². The molecule has 1 aliphatic heterocycles. The Morgan fingerprint density at radius 3 is 2.89 bits per heavy atom. The molecule has 0 bridgehead atoms. The van der Waals surface area contributed by atoms with Crippen LogP contribution in [0.15, 0.2) is 10.7 Å². The van der Waals surface area contributed by atoms with Crippen LogP contribution < -0.4 is 10.1 Å². The van der Waals surface area contributed by atoms with Gasteiger partial charge in [0.05, 0.1) is 17.8 Å². The molecule has 2 rings (SSSR count). The summed E-state index contributed by atoms with van der Waals surface area (Å²) >= 11 is 3.34. The van der Waals surface area contributed by atoms with Gasteiger partial charge in [0.2, 0.25) is 11.8 Å². The Morgan fingerprint density at radius 1 is 1.50 bits per heavy atom. The first-order valence-corrected chi connectivity index (χ1v) is 6.97. The number of methoxy groups -OCH3 is 1.